The quantitative estimate of drug-likeness (QED) is 0.652. The number of hydrogen-bond acceptors (Lipinski definition) is 2. The highest BCUT2D eigenvalue weighted by molar-refractivity contribution is 5.81. The summed E-state index contributed by atoms with van der Waals surface area (Å²) in [5.41, 5.74) is 1.16. The van der Waals surface area contributed by atoms with Gasteiger partial charge in [-0.2, -0.15) is 0 Å². The third-order valence-corrected chi connectivity index (χ3v) is 2.37. The molecule has 0 heterocycles. The zero-order valence-corrected chi connectivity index (χ0v) is 8.02. The molecule has 0 aliphatic heterocycles. The molecule has 2 atom stereocenters. The Morgan fingerprint density at radius 2 is 1.29 bits per heavy atom. The number of rotatable bonds is 2. The van der Waals surface area contributed by atoms with E-state index in [9.17, 15) is 9.59 Å². The molecule has 14 heavy (non-hydrogen) atoms. The van der Waals surface area contributed by atoms with E-state index in [-0.39, 0.29) is 0 Å². The third kappa shape index (κ3) is 1.84. The van der Waals surface area contributed by atoms with Crippen LogP contribution in [0.25, 0.3) is 0 Å². The van der Waals surface area contributed by atoms with Gasteiger partial charge in [0.05, 0.1) is 11.8 Å². The molecular weight excluding hydrogens is 184 g/mol. The van der Waals surface area contributed by atoms with E-state index in [4.69, 9.17) is 10.2 Å². The van der Waals surface area contributed by atoms with E-state index in [1.165, 1.54) is 12.2 Å². The molecule has 0 radical (unpaired) electrons. The SMILES string of the molecule is CC1=CC(C(=O)O)C(C)=CC1C(=O)O. The standard InChI is InChI=1S/C10H12O4/c1-5-3-8(10(13)14)6(2)4-7(5)9(11)12/h3-4,7-8H,1-2H3,(H,11,12)(H,13,14). The Kier molecular flexibility index (Phi) is 2.74. The number of aliphatic carboxylic acids is 2. The van der Waals surface area contributed by atoms with Crippen molar-refractivity contribution < 1.29 is 19.8 Å². The monoisotopic (exact) mass is 196 g/mol. The lowest BCUT2D eigenvalue weighted by atomic mass is 9.84. The van der Waals surface area contributed by atoms with Crippen LogP contribution >= 0.6 is 0 Å². The second-order valence-corrected chi connectivity index (χ2v) is 3.45. The molecule has 0 saturated carbocycles. The molecule has 0 aromatic heterocycles. The highest BCUT2D eigenvalue weighted by Gasteiger charge is 2.27. The minimum atomic E-state index is -0.943. The van der Waals surface area contributed by atoms with Gasteiger partial charge >= 0.3 is 11.9 Å². The Hall–Kier alpha value is -1.58. The van der Waals surface area contributed by atoms with Crippen LogP contribution in [0.5, 0.6) is 0 Å². The molecular formula is C10H12O4. The van der Waals surface area contributed by atoms with E-state index in [1.807, 2.05) is 0 Å². The normalized spacial score (nSPS) is 26.4. The van der Waals surface area contributed by atoms with E-state index in [1.54, 1.807) is 13.8 Å². The van der Waals surface area contributed by atoms with E-state index in [2.05, 4.69) is 0 Å². The number of carboxylic acids is 2. The fourth-order valence-electron chi connectivity index (χ4n) is 1.53. The van der Waals surface area contributed by atoms with Gasteiger partial charge in [0.1, 0.15) is 0 Å². The average Bonchev–Trinajstić information content (AvgIpc) is 2.07. The first-order valence-electron chi connectivity index (χ1n) is 4.25. The Labute approximate surface area is 81.6 Å². The molecule has 1 aliphatic carbocycles. The van der Waals surface area contributed by atoms with Crippen LogP contribution in [-0.2, 0) is 9.59 Å². The molecule has 0 fully saturated rings. The van der Waals surface area contributed by atoms with Gasteiger partial charge in [-0.1, -0.05) is 23.3 Å². The summed E-state index contributed by atoms with van der Waals surface area (Å²) in [6.07, 6.45) is 2.99. The summed E-state index contributed by atoms with van der Waals surface area (Å²) in [6, 6.07) is 0. The van der Waals surface area contributed by atoms with Crippen molar-refractivity contribution in [1.29, 1.82) is 0 Å². The second kappa shape index (κ2) is 3.65. The van der Waals surface area contributed by atoms with Crippen molar-refractivity contribution >= 4 is 11.9 Å². The lowest BCUT2D eigenvalue weighted by molar-refractivity contribution is -0.141. The highest BCUT2D eigenvalue weighted by Crippen LogP contribution is 2.27. The van der Waals surface area contributed by atoms with Crippen LogP contribution in [0.4, 0.5) is 0 Å². The smallest absolute Gasteiger partial charge is 0.314 e. The molecule has 4 heteroatoms. The van der Waals surface area contributed by atoms with Gasteiger partial charge < -0.3 is 10.2 Å². The van der Waals surface area contributed by atoms with Gasteiger partial charge in [-0.15, -0.1) is 0 Å². The molecule has 0 amide bonds. The molecule has 0 aromatic carbocycles. The number of hydrogen-bond donors (Lipinski definition) is 2. The molecule has 1 rings (SSSR count). The largest absolute Gasteiger partial charge is 0.481 e. The first kappa shape index (κ1) is 10.5. The van der Waals surface area contributed by atoms with Crippen LogP contribution in [0.15, 0.2) is 23.3 Å². The summed E-state index contributed by atoms with van der Waals surface area (Å²) in [5, 5.41) is 17.6. The highest BCUT2D eigenvalue weighted by atomic mass is 16.4. The van der Waals surface area contributed by atoms with Crippen LogP contribution < -0.4 is 0 Å². The minimum absolute atomic E-state index is 0.579. The third-order valence-electron chi connectivity index (χ3n) is 2.37. The van der Waals surface area contributed by atoms with Gasteiger partial charge in [-0.25, -0.2) is 0 Å². The van der Waals surface area contributed by atoms with Crippen molar-refractivity contribution in [3.63, 3.8) is 0 Å². The van der Waals surface area contributed by atoms with Crippen molar-refractivity contribution in [2.75, 3.05) is 0 Å². The van der Waals surface area contributed by atoms with E-state index < -0.39 is 23.8 Å². The zero-order chi connectivity index (χ0) is 10.9. The van der Waals surface area contributed by atoms with Gasteiger partial charge in [-0.05, 0) is 13.8 Å². The lowest BCUT2D eigenvalue weighted by Crippen LogP contribution is -2.22. The van der Waals surface area contributed by atoms with Crippen LogP contribution in [0, 0.1) is 11.8 Å². The van der Waals surface area contributed by atoms with Crippen molar-refractivity contribution in [3.05, 3.63) is 23.3 Å². The van der Waals surface area contributed by atoms with Crippen molar-refractivity contribution in [3.8, 4) is 0 Å². The van der Waals surface area contributed by atoms with Crippen LogP contribution in [0.2, 0.25) is 0 Å². The Bertz CT molecular complexity index is 304. The fraction of sp³-hybridized carbons (Fsp3) is 0.400. The number of carboxylic acid groups (broad SMARTS) is 2. The van der Waals surface area contributed by atoms with E-state index in [0.717, 1.165) is 0 Å². The van der Waals surface area contributed by atoms with Crippen molar-refractivity contribution in [1.82, 2.24) is 0 Å². The summed E-state index contributed by atoms with van der Waals surface area (Å²) in [6.45, 7) is 3.27. The first-order valence-corrected chi connectivity index (χ1v) is 4.25. The molecule has 0 bridgehead atoms. The Morgan fingerprint density at radius 1 is 1.00 bits per heavy atom. The predicted octanol–water partition coefficient (Wildman–Crippen LogP) is 1.29. The Balaban J connectivity index is 3.01. The van der Waals surface area contributed by atoms with Crippen molar-refractivity contribution in [2.45, 2.75) is 13.8 Å². The van der Waals surface area contributed by atoms with E-state index in [0.29, 0.717) is 11.1 Å². The predicted molar refractivity (Wildman–Crippen MR) is 49.8 cm³/mol. The van der Waals surface area contributed by atoms with Gasteiger partial charge in [0.15, 0.2) is 0 Å². The average molecular weight is 196 g/mol. The number of carbonyl (C=O) groups is 2. The maximum Gasteiger partial charge on any atom is 0.314 e. The molecule has 0 aromatic rings. The second-order valence-electron chi connectivity index (χ2n) is 3.45. The van der Waals surface area contributed by atoms with E-state index >= 15 is 0 Å². The van der Waals surface area contributed by atoms with Crippen LogP contribution in [0.1, 0.15) is 13.8 Å². The van der Waals surface area contributed by atoms with Gasteiger partial charge in [0, 0.05) is 0 Å². The first-order chi connectivity index (χ1) is 6.43. The zero-order valence-electron chi connectivity index (χ0n) is 8.02. The summed E-state index contributed by atoms with van der Waals surface area (Å²) in [7, 11) is 0. The van der Waals surface area contributed by atoms with Crippen LogP contribution in [-0.4, -0.2) is 22.2 Å². The minimum Gasteiger partial charge on any atom is -0.481 e. The molecule has 76 valence electrons. The Morgan fingerprint density at radius 3 is 1.50 bits per heavy atom. The summed E-state index contributed by atoms with van der Waals surface area (Å²) >= 11 is 0. The van der Waals surface area contributed by atoms with Gasteiger partial charge in [-0.3, -0.25) is 9.59 Å². The molecule has 0 saturated heterocycles. The topological polar surface area (TPSA) is 74.6 Å². The molecule has 0 spiro atoms. The maximum absolute atomic E-state index is 10.8. The molecule has 2 unspecified atom stereocenters. The van der Waals surface area contributed by atoms with Gasteiger partial charge in [0.25, 0.3) is 0 Å². The lowest BCUT2D eigenvalue weighted by Gasteiger charge is -2.20. The molecule has 1 aliphatic rings. The summed E-state index contributed by atoms with van der Waals surface area (Å²) < 4.78 is 0. The maximum atomic E-state index is 10.8. The molecule has 2 N–H and O–H groups in total. The summed E-state index contributed by atoms with van der Waals surface area (Å²) in [4.78, 5) is 21.5. The van der Waals surface area contributed by atoms with Gasteiger partial charge in [0.2, 0.25) is 0 Å². The fourth-order valence-corrected chi connectivity index (χ4v) is 1.53. The summed E-state index contributed by atoms with van der Waals surface area (Å²) in [5.74, 6) is -3.24. The van der Waals surface area contributed by atoms with Crippen molar-refractivity contribution in [2.24, 2.45) is 11.8 Å². The van der Waals surface area contributed by atoms with Crippen LogP contribution in [0.3, 0.4) is 0 Å². The molecule has 4 nitrogen and oxygen atoms in total.